The first-order valence-electron chi connectivity index (χ1n) is 4.44. The molecule has 12 heavy (non-hydrogen) atoms. The lowest BCUT2D eigenvalue weighted by Gasteiger charge is -2.08. The van der Waals surface area contributed by atoms with Gasteiger partial charge >= 0.3 is 0 Å². The van der Waals surface area contributed by atoms with Crippen molar-refractivity contribution in [1.29, 1.82) is 0 Å². The molecule has 0 atom stereocenters. The summed E-state index contributed by atoms with van der Waals surface area (Å²) in [6.45, 7) is 6.29. The van der Waals surface area contributed by atoms with Gasteiger partial charge in [0.15, 0.2) is 0 Å². The Morgan fingerprint density at radius 2 is 1.75 bits per heavy atom. The highest BCUT2D eigenvalue weighted by molar-refractivity contribution is 5.10. The molecule has 0 saturated carbocycles. The summed E-state index contributed by atoms with van der Waals surface area (Å²) in [7, 11) is 2.11. The van der Waals surface area contributed by atoms with Gasteiger partial charge in [0.05, 0.1) is 0 Å². The van der Waals surface area contributed by atoms with Gasteiger partial charge in [-0.1, -0.05) is 43.4 Å². The van der Waals surface area contributed by atoms with Gasteiger partial charge in [-0.15, -0.1) is 0 Å². The van der Waals surface area contributed by atoms with Crippen molar-refractivity contribution in [3.8, 4) is 0 Å². The first-order chi connectivity index (χ1) is 5.81. The minimum Gasteiger partial charge on any atom is -0.303 e. The van der Waals surface area contributed by atoms with Crippen LogP contribution in [0.3, 0.4) is 0 Å². The molecule has 0 rings (SSSR count). The zero-order chi connectivity index (χ0) is 9.23. The van der Waals surface area contributed by atoms with E-state index < -0.39 is 0 Å². The molecular weight excluding hydrogens is 146 g/mol. The smallest absolute Gasteiger partial charge is 0.0163 e. The lowest BCUT2D eigenvalue weighted by molar-refractivity contribution is 0.392. The third kappa shape index (κ3) is 7.29. The Bertz CT molecular complexity index is 166. The average Bonchev–Trinajstić information content (AvgIpc) is 2.10. The molecule has 0 heterocycles. The second kappa shape index (κ2) is 8.28. The van der Waals surface area contributed by atoms with E-state index in [0.29, 0.717) is 0 Å². The Balaban J connectivity index is 3.49. The minimum atomic E-state index is 1.02. The lowest BCUT2D eigenvalue weighted by atomic mass is 10.4. The van der Waals surface area contributed by atoms with E-state index in [1.807, 2.05) is 31.2 Å². The van der Waals surface area contributed by atoms with Crippen LogP contribution in [0.15, 0.2) is 36.5 Å². The van der Waals surface area contributed by atoms with E-state index in [1.54, 1.807) is 0 Å². The minimum absolute atomic E-state index is 1.02. The van der Waals surface area contributed by atoms with Gasteiger partial charge in [0.1, 0.15) is 0 Å². The van der Waals surface area contributed by atoms with E-state index in [9.17, 15) is 0 Å². The fourth-order valence-corrected chi connectivity index (χ4v) is 0.688. The molecule has 0 bridgehead atoms. The van der Waals surface area contributed by atoms with Crippen LogP contribution in [0.1, 0.15) is 13.8 Å². The summed E-state index contributed by atoms with van der Waals surface area (Å²) in [6, 6.07) is 0. The van der Waals surface area contributed by atoms with Gasteiger partial charge in [-0.2, -0.15) is 0 Å². The predicted molar refractivity (Wildman–Crippen MR) is 56.3 cm³/mol. The number of allylic oxidation sites excluding steroid dienone is 5. The monoisotopic (exact) mass is 165 g/mol. The van der Waals surface area contributed by atoms with Crippen molar-refractivity contribution in [3.05, 3.63) is 36.5 Å². The molecule has 1 nitrogen and oxygen atoms in total. The van der Waals surface area contributed by atoms with Gasteiger partial charge in [0.25, 0.3) is 0 Å². The van der Waals surface area contributed by atoms with Crippen molar-refractivity contribution >= 4 is 0 Å². The maximum absolute atomic E-state index is 2.25. The fraction of sp³-hybridized carbons (Fsp3) is 0.455. The van der Waals surface area contributed by atoms with E-state index >= 15 is 0 Å². The van der Waals surface area contributed by atoms with Crippen LogP contribution in [0.5, 0.6) is 0 Å². The molecular formula is C11H19N. The van der Waals surface area contributed by atoms with Crippen molar-refractivity contribution in [2.75, 3.05) is 20.1 Å². The van der Waals surface area contributed by atoms with Crippen molar-refractivity contribution < 1.29 is 0 Å². The van der Waals surface area contributed by atoms with Gasteiger partial charge in [0, 0.05) is 6.54 Å². The Hall–Kier alpha value is -0.820. The second-order valence-electron chi connectivity index (χ2n) is 2.69. The van der Waals surface area contributed by atoms with Crippen LogP contribution in [-0.2, 0) is 0 Å². The van der Waals surface area contributed by atoms with E-state index in [-0.39, 0.29) is 0 Å². The van der Waals surface area contributed by atoms with Crippen molar-refractivity contribution in [1.82, 2.24) is 4.90 Å². The summed E-state index contributed by atoms with van der Waals surface area (Å²) in [4.78, 5) is 2.25. The summed E-state index contributed by atoms with van der Waals surface area (Å²) in [5, 5.41) is 0. The zero-order valence-corrected chi connectivity index (χ0v) is 8.33. The number of likely N-dealkylation sites (N-methyl/N-ethyl adjacent to an activating group) is 1. The van der Waals surface area contributed by atoms with Gasteiger partial charge in [-0.05, 0) is 20.5 Å². The molecule has 0 spiro atoms. The molecule has 0 aromatic rings. The summed E-state index contributed by atoms with van der Waals surface area (Å²) in [5.41, 5.74) is 0. The zero-order valence-electron chi connectivity index (χ0n) is 8.33. The highest BCUT2D eigenvalue weighted by Gasteiger charge is 1.85. The molecule has 0 radical (unpaired) electrons. The van der Waals surface area contributed by atoms with Gasteiger partial charge in [-0.25, -0.2) is 0 Å². The van der Waals surface area contributed by atoms with Crippen LogP contribution in [0.25, 0.3) is 0 Å². The maximum Gasteiger partial charge on any atom is 0.0163 e. The molecule has 0 aromatic carbocycles. The third-order valence-electron chi connectivity index (χ3n) is 1.62. The highest BCUT2D eigenvalue weighted by atomic mass is 15.1. The van der Waals surface area contributed by atoms with Crippen LogP contribution in [-0.4, -0.2) is 25.0 Å². The summed E-state index contributed by atoms with van der Waals surface area (Å²) in [5.74, 6) is 0. The Morgan fingerprint density at radius 1 is 1.08 bits per heavy atom. The molecule has 0 saturated heterocycles. The summed E-state index contributed by atoms with van der Waals surface area (Å²) < 4.78 is 0. The number of rotatable bonds is 5. The van der Waals surface area contributed by atoms with E-state index in [2.05, 4.69) is 31.0 Å². The fourth-order valence-electron chi connectivity index (χ4n) is 0.688. The first-order valence-corrected chi connectivity index (χ1v) is 4.44. The van der Waals surface area contributed by atoms with E-state index in [4.69, 9.17) is 0 Å². The van der Waals surface area contributed by atoms with Gasteiger partial charge in [0.2, 0.25) is 0 Å². The standard InChI is InChI=1S/C11H19N/c1-4-6-7-8-9-10-11-12(3)5-2/h4,6-10H,5,11H2,1-3H3/b6-4+,8-7-,10-9+. The van der Waals surface area contributed by atoms with Gasteiger partial charge in [-0.3, -0.25) is 0 Å². The number of hydrogen-bond donors (Lipinski definition) is 0. The van der Waals surface area contributed by atoms with Crippen LogP contribution >= 0.6 is 0 Å². The third-order valence-corrected chi connectivity index (χ3v) is 1.62. The summed E-state index contributed by atoms with van der Waals surface area (Å²) in [6.07, 6.45) is 12.3. The molecule has 68 valence electrons. The second-order valence-corrected chi connectivity index (χ2v) is 2.69. The van der Waals surface area contributed by atoms with E-state index in [1.165, 1.54) is 0 Å². The van der Waals surface area contributed by atoms with Crippen molar-refractivity contribution in [2.24, 2.45) is 0 Å². The normalized spacial score (nSPS) is 13.0. The maximum atomic E-state index is 2.25. The van der Waals surface area contributed by atoms with E-state index in [0.717, 1.165) is 13.1 Å². The Labute approximate surface area is 76.1 Å². The molecule has 0 fully saturated rings. The van der Waals surface area contributed by atoms with Crippen LogP contribution in [0.4, 0.5) is 0 Å². The van der Waals surface area contributed by atoms with Crippen LogP contribution < -0.4 is 0 Å². The lowest BCUT2D eigenvalue weighted by Crippen LogP contribution is -2.16. The average molecular weight is 165 g/mol. The van der Waals surface area contributed by atoms with Crippen molar-refractivity contribution in [3.63, 3.8) is 0 Å². The number of nitrogens with zero attached hydrogens (tertiary/aromatic N) is 1. The SMILES string of the molecule is C/C=C/C=C\C=C\CN(C)CC. The molecule has 0 amide bonds. The molecule has 0 aliphatic carbocycles. The highest BCUT2D eigenvalue weighted by Crippen LogP contribution is 1.84. The topological polar surface area (TPSA) is 3.24 Å². The Morgan fingerprint density at radius 3 is 2.33 bits per heavy atom. The molecule has 1 heteroatoms. The largest absolute Gasteiger partial charge is 0.303 e. The first kappa shape index (κ1) is 11.2. The van der Waals surface area contributed by atoms with Gasteiger partial charge < -0.3 is 4.90 Å². The quantitative estimate of drug-likeness (QED) is 0.566. The Kier molecular flexibility index (Phi) is 7.71. The molecule has 0 aromatic heterocycles. The predicted octanol–water partition coefficient (Wildman–Crippen LogP) is 2.63. The molecule has 0 N–H and O–H groups in total. The van der Waals surface area contributed by atoms with Crippen LogP contribution in [0.2, 0.25) is 0 Å². The van der Waals surface area contributed by atoms with Crippen molar-refractivity contribution in [2.45, 2.75) is 13.8 Å². The summed E-state index contributed by atoms with van der Waals surface area (Å²) >= 11 is 0. The molecule has 0 aliphatic heterocycles. The molecule has 0 unspecified atom stereocenters. The number of hydrogen-bond acceptors (Lipinski definition) is 1. The molecule has 0 aliphatic rings. The van der Waals surface area contributed by atoms with Crippen LogP contribution in [0, 0.1) is 0 Å².